The molecule has 0 aliphatic heterocycles. The van der Waals surface area contributed by atoms with Gasteiger partial charge in [-0.05, 0) is 41.8 Å². The van der Waals surface area contributed by atoms with E-state index in [2.05, 4.69) is 10.6 Å². The standard InChI is InChI=1S/C19H18N2O3S2/c22-18(20-8-11-25-13-16-6-2-9-24-16)14-4-1-5-15(12-14)21-19(23)17-7-3-10-26-17/h1-7,9-10,12H,8,11,13H2,(H,20,22)(H,21,23). The van der Waals surface area contributed by atoms with Crippen molar-refractivity contribution in [2.24, 2.45) is 0 Å². The predicted molar refractivity (Wildman–Crippen MR) is 106 cm³/mol. The Morgan fingerprint density at radius 3 is 2.77 bits per heavy atom. The highest BCUT2D eigenvalue weighted by atomic mass is 32.2. The number of thiophene rings is 1. The maximum atomic E-state index is 12.3. The summed E-state index contributed by atoms with van der Waals surface area (Å²) in [5.74, 6) is 2.17. The van der Waals surface area contributed by atoms with Crippen molar-refractivity contribution in [2.75, 3.05) is 17.6 Å². The van der Waals surface area contributed by atoms with Crippen LogP contribution in [0.25, 0.3) is 0 Å². The number of thioether (sulfide) groups is 1. The average molecular weight is 386 g/mol. The van der Waals surface area contributed by atoms with E-state index in [1.54, 1.807) is 48.4 Å². The van der Waals surface area contributed by atoms with Gasteiger partial charge in [0.2, 0.25) is 0 Å². The second-order valence-corrected chi connectivity index (χ2v) is 7.45. The van der Waals surface area contributed by atoms with Gasteiger partial charge in [0.15, 0.2) is 0 Å². The van der Waals surface area contributed by atoms with Gasteiger partial charge in [0.1, 0.15) is 5.76 Å². The zero-order valence-electron chi connectivity index (χ0n) is 13.9. The van der Waals surface area contributed by atoms with Gasteiger partial charge in [-0.1, -0.05) is 12.1 Å². The summed E-state index contributed by atoms with van der Waals surface area (Å²) in [7, 11) is 0. The van der Waals surface area contributed by atoms with Crippen LogP contribution in [-0.4, -0.2) is 24.1 Å². The molecule has 0 unspecified atom stereocenters. The van der Waals surface area contributed by atoms with Crippen LogP contribution in [0.3, 0.4) is 0 Å². The summed E-state index contributed by atoms with van der Waals surface area (Å²) in [5, 5.41) is 7.54. The van der Waals surface area contributed by atoms with Gasteiger partial charge in [0.05, 0.1) is 16.9 Å². The predicted octanol–water partition coefficient (Wildman–Crippen LogP) is 4.26. The smallest absolute Gasteiger partial charge is 0.265 e. The number of anilines is 1. The van der Waals surface area contributed by atoms with Gasteiger partial charge >= 0.3 is 0 Å². The number of carbonyl (C=O) groups excluding carboxylic acids is 2. The molecular formula is C19H18N2O3S2. The fourth-order valence-electron chi connectivity index (χ4n) is 2.24. The maximum absolute atomic E-state index is 12.3. The number of carbonyl (C=O) groups is 2. The van der Waals surface area contributed by atoms with Gasteiger partial charge < -0.3 is 15.1 Å². The summed E-state index contributed by atoms with van der Waals surface area (Å²) >= 11 is 3.07. The number of rotatable bonds is 8. The highest BCUT2D eigenvalue weighted by molar-refractivity contribution is 7.98. The van der Waals surface area contributed by atoms with Crippen LogP contribution in [0.15, 0.2) is 64.6 Å². The van der Waals surface area contributed by atoms with Crippen LogP contribution in [0, 0.1) is 0 Å². The van der Waals surface area contributed by atoms with Crippen molar-refractivity contribution in [2.45, 2.75) is 5.75 Å². The number of hydrogen-bond donors (Lipinski definition) is 2. The van der Waals surface area contributed by atoms with Crippen molar-refractivity contribution in [3.63, 3.8) is 0 Å². The van der Waals surface area contributed by atoms with E-state index in [4.69, 9.17) is 4.42 Å². The van der Waals surface area contributed by atoms with E-state index in [9.17, 15) is 9.59 Å². The summed E-state index contributed by atoms with van der Waals surface area (Å²) < 4.78 is 5.26. The molecule has 26 heavy (non-hydrogen) atoms. The van der Waals surface area contributed by atoms with E-state index in [0.717, 1.165) is 17.3 Å². The zero-order valence-corrected chi connectivity index (χ0v) is 15.6. The molecule has 5 nitrogen and oxygen atoms in total. The van der Waals surface area contributed by atoms with E-state index in [1.165, 1.54) is 11.3 Å². The third kappa shape index (κ3) is 5.24. The largest absolute Gasteiger partial charge is 0.468 e. The fraction of sp³-hybridized carbons (Fsp3) is 0.158. The van der Waals surface area contributed by atoms with E-state index >= 15 is 0 Å². The topological polar surface area (TPSA) is 71.3 Å². The molecule has 0 saturated heterocycles. The van der Waals surface area contributed by atoms with Crippen LogP contribution in [0.5, 0.6) is 0 Å². The van der Waals surface area contributed by atoms with Crippen LogP contribution in [-0.2, 0) is 5.75 Å². The minimum atomic E-state index is -0.174. The monoisotopic (exact) mass is 386 g/mol. The molecule has 2 N–H and O–H groups in total. The number of amides is 2. The number of furan rings is 1. The second-order valence-electron chi connectivity index (χ2n) is 5.40. The van der Waals surface area contributed by atoms with Crippen LogP contribution >= 0.6 is 23.1 Å². The van der Waals surface area contributed by atoms with Crippen LogP contribution in [0.2, 0.25) is 0 Å². The van der Waals surface area contributed by atoms with E-state index in [1.807, 2.05) is 23.6 Å². The minimum Gasteiger partial charge on any atom is -0.468 e. The molecule has 2 aromatic heterocycles. The average Bonchev–Trinajstić information content (AvgIpc) is 3.35. The highest BCUT2D eigenvalue weighted by Gasteiger charge is 2.09. The summed E-state index contributed by atoms with van der Waals surface area (Å²) in [6, 6.07) is 14.3. The Hall–Kier alpha value is -2.51. The van der Waals surface area contributed by atoms with E-state index in [-0.39, 0.29) is 11.8 Å². The molecule has 0 spiro atoms. The molecule has 134 valence electrons. The van der Waals surface area contributed by atoms with Crippen LogP contribution in [0.1, 0.15) is 25.8 Å². The number of hydrogen-bond acceptors (Lipinski definition) is 5. The Kier molecular flexibility index (Phi) is 6.51. The van der Waals surface area contributed by atoms with Gasteiger partial charge in [0, 0.05) is 23.5 Å². The number of benzene rings is 1. The maximum Gasteiger partial charge on any atom is 0.265 e. The molecule has 0 aliphatic rings. The molecule has 0 radical (unpaired) electrons. The zero-order chi connectivity index (χ0) is 18.2. The minimum absolute atomic E-state index is 0.157. The van der Waals surface area contributed by atoms with Crippen molar-refractivity contribution in [3.05, 3.63) is 76.4 Å². The Morgan fingerprint density at radius 2 is 2.00 bits per heavy atom. The molecule has 2 heterocycles. The van der Waals surface area contributed by atoms with E-state index in [0.29, 0.717) is 22.7 Å². The van der Waals surface area contributed by atoms with Crippen molar-refractivity contribution in [1.29, 1.82) is 0 Å². The lowest BCUT2D eigenvalue weighted by atomic mass is 10.2. The Labute approximate surface area is 159 Å². The second kappa shape index (κ2) is 9.26. The molecule has 2 amide bonds. The molecule has 0 saturated carbocycles. The molecule has 1 aromatic carbocycles. The lowest BCUT2D eigenvalue weighted by molar-refractivity contribution is 0.0954. The first-order valence-electron chi connectivity index (χ1n) is 8.05. The first-order valence-corrected chi connectivity index (χ1v) is 10.1. The third-order valence-corrected chi connectivity index (χ3v) is 5.33. The van der Waals surface area contributed by atoms with Gasteiger partial charge in [-0.15, -0.1) is 11.3 Å². The molecular weight excluding hydrogens is 368 g/mol. The normalized spacial score (nSPS) is 10.5. The molecule has 3 rings (SSSR count). The molecule has 0 bridgehead atoms. The number of nitrogens with one attached hydrogen (secondary N) is 2. The van der Waals surface area contributed by atoms with Crippen LogP contribution < -0.4 is 10.6 Å². The van der Waals surface area contributed by atoms with Gasteiger partial charge in [-0.2, -0.15) is 11.8 Å². The van der Waals surface area contributed by atoms with Gasteiger partial charge in [-0.3, -0.25) is 9.59 Å². The Balaban J connectivity index is 1.46. The lowest BCUT2D eigenvalue weighted by Gasteiger charge is -2.08. The lowest BCUT2D eigenvalue weighted by Crippen LogP contribution is -2.25. The SMILES string of the molecule is O=C(NCCSCc1ccco1)c1cccc(NC(=O)c2cccs2)c1. The first kappa shape index (κ1) is 18.3. The quantitative estimate of drug-likeness (QED) is 0.568. The molecule has 0 aliphatic carbocycles. The highest BCUT2D eigenvalue weighted by Crippen LogP contribution is 2.15. The molecule has 3 aromatic rings. The molecule has 0 atom stereocenters. The van der Waals surface area contributed by atoms with Crippen LogP contribution in [0.4, 0.5) is 5.69 Å². The van der Waals surface area contributed by atoms with Crippen molar-refractivity contribution in [3.8, 4) is 0 Å². The summed E-state index contributed by atoms with van der Waals surface area (Å²) in [6.45, 7) is 0.565. The van der Waals surface area contributed by atoms with Gasteiger partial charge in [0.25, 0.3) is 11.8 Å². The Morgan fingerprint density at radius 1 is 1.08 bits per heavy atom. The van der Waals surface area contributed by atoms with Crippen molar-refractivity contribution in [1.82, 2.24) is 5.32 Å². The first-order chi connectivity index (χ1) is 12.7. The Bertz CT molecular complexity index is 846. The summed E-state index contributed by atoms with van der Waals surface area (Å²) in [6.07, 6.45) is 1.65. The summed E-state index contributed by atoms with van der Waals surface area (Å²) in [4.78, 5) is 25.0. The third-order valence-electron chi connectivity index (χ3n) is 3.48. The molecule has 7 heteroatoms. The summed E-state index contributed by atoms with van der Waals surface area (Å²) in [5.41, 5.74) is 1.12. The van der Waals surface area contributed by atoms with Gasteiger partial charge in [-0.25, -0.2) is 0 Å². The molecule has 0 fully saturated rings. The van der Waals surface area contributed by atoms with Crippen molar-refractivity contribution >= 4 is 40.6 Å². The van der Waals surface area contributed by atoms with Crippen molar-refractivity contribution < 1.29 is 14.0 Å². The fourth-order valence-corrected chi connectivity index (χ4v) is 3.62. The van der Waals surface area contributed by atoms with E-state index < -0.39 is 0 Å².